The first-order valence-corrected chi connectivity index (χ1v) is 13.0. The molecule has 38 heavy (non-hydrogen) atoms. The van der Waals surface area contributed by atoms with E-state index < -0.39 is 12.1 Å². The van der Waals surface area contributed by atoms with Crippen molar-refractivity contribution < 1.29 is 27.5 Å². The van der Waals surface area contributed by atoms with Crippen molar-refractivity contribution >= 4 is 12.6 Å². The number of alkyl halides is 3. The van der Waals surface area contributed by atoms with Gasteiger partial charge in [-0.3, -0.25) is 4.79 Å². The van der Waals surface area contributed by atoms with Crippen molar-refractivity contribution in [3.63, 3.8) is 0 Å². The molecule has 1 aliphatic heterocycles. The second-order valence-electron chi connectivity index (χ2n) is 10.4. The van der Waals surface area contributed by atoms with Crippen LogP contribution >= 0.6 is 0 Å². The summed E-state index contributed by atoms with van der Waals surface area (Å²) in [5.41, 5.74) is 1.88. The lowest BCUT2D eigenvalue weighted by Gasteiger charge is -2.26. The van der Waals surface area contributed by atoms with E-state index in [0.717, 1.165) is 38.6 Å². The van der Waals surface area contributed by atoms with E-state index in [2.05, 4.69) is 41.3 Å². The molecule has 1 aromatic carbocycles. The minimum Gasteiger partial charge on any atom is -0.491 e. The maximum atomic E-state index is 12.1. The van der Waals surface area contributed by atoms with Gasteiger partial charge in [-0.15, -0.1) is 0 Å². The molecule has 1 atom stereocenters. The first kappa shape index (κ1) is 31.4. The van der Waals surface area contributed by atoms with E-state index in [1.54, 1.807) is 18.3 Å². The number of nitrogens with zero attached hydrogens (tertiary/aromatic N) is 2. The van der Waals surface area contributed by atoms with Gasteiger partial charge in [0, 0.05) is 30.6 Å². The van der Waals surface area contributed by atoms with Gasteiger partial charge in [-0.25, -0.2) is 4.98 Å². The van der Waals surface area contributed by atoms with Gasteiger partial charge in [0.15, 0.2) is 6.29 Å². The fourth-order valence-corrected chi connectivity index (χ4v) is 4.64. The normalized spacial score (nSPS) is 23.3. The average Bonchev–Trinajstić information content (AvgIpc) is 3.27. The minimum absolute atomic E-state index is 0.118. The topological polar surface area (TPSA) is 71.5 Å². The van der Waals surface area contributed by atoms with E-state index in [0.29, 0.717) is 30.9 Å². The van der Waals surface area contributed by atoms with Crippen LogP contribution in [0.2, 0.25) is 0 Å². The Labute approximate surface area is 224 Å². The van der Waals surface area contributed by atoms with Gasteiger partial charge in [0.2, 0.25) is 0 Å². The number of likely N-dealkylation sites (tertiary alicyclic amines) is 1. The first-order chi connectivity index (χ1) is 18.1. The third-order valence-corrected chi connectivity index (χ3v) is 6.89. The molecule has 4 rings (SSSR count). The summed E-state index contributed by atoms with van der Waals surface area (Å²) < 4.78 is 42.0. The molecule has 1 unspecified atom stereocenters. The Morgan fingerprint density at radius 3 is 2.32 bits per heavy atom. The summed E-state index contributed by atoms with van der Waals surface area (Å²) in [5, 5.41) is 3.08. The fourth-order valence-electron chi connectivity index (χ4n) is 4.64. The van der Waals surface area contributed by atoms with Crippen LogP contribution in [0.25, 0.3) is 0 Å². The molecule has 2 heterocycles. The highest BCUT2D eigenvalue weighted by molar-refractivity contribution is 5.75. The molecular weight excluding hydrogens is 495 g/mol. The van der Waals surface area contributed by atoms with Crippen LogP contribution in [0.4, 0.5) is 13.2 Å². The van der Waals surface area contributed by atoms with E-state index in [4.69, 9.17) is 4.74 Å². The lowest BCUT2D eigenvalue weighted by molar-refractivity contribution is -0.184. The molecule has 1 saturated heterocycles. The van der Waals surface area contributed by atoms with E-state index >= 15 is 0 Å². The zero-order chi connectivity index (χ0) is 28.0. The van der Waals surface area contributed by atoms with Gasteiger partial charge in [0.25, 0.3) is 0 Å². The van der Waals surface area contributed by atoms with Gasteiger partial charge in [-0.1, -0.05) is 37.3 Å². The van der Waals surface area contributed by atoms with Gasteiger partial charge < -0.3 is 19.7 Å². The van der Waals surface area contributed by atoms with Crippen molar-refractivity contribution in [2.24, 2.45) is 17.3 Å². The molecule has 1 aliphatic carbocycles. The van der Waals surface area contributed by atoms with Crippen molar-refractivity contribution in [1.29, 1.82) is 0 Å². The molecule has 9 heteroatoms. The van der Waals surface area contributed by atoms with Gasteiger partial charge in [0.05, 0.1) is 12.5 Å². The molecule has 2 aromatic rings. The highest BCUT2D eigenvalue weighted by atomic mass is 19.4. The summed E-state index contributed by atoms with van der Waals surface area (Å²) in [6.45, 7) is 5.94. The van der Waals surface area contributed by atoms with Crippen LogP contribution in [0, 0.1) is 17.3 Å². The third-order valence-electron chi connectivity index (χ3n) is 6.89. The summed E-state index contributed by atoms with van der Waals surface area (Å²) in [4.78, 5) is 27.3. The molecular formula is C29H40F3N3O3. The smallest absolute Gasteiger partial charge is 0.391 e. The van der Waals surface area contributed by atoms with Crippen LogP contribution in [0.1, 0.15) is 55.1 Å². The number of halogens is 3. The number of pyridine rings is 1. The molecule has 0 radical (unpaired) electrons. The Balaban J connectivity index is 0.000000212. The molecule has 210 valence electrons. The molecule has 6 nitrogen and oxygen atoms in total. The number of rotatable bonds is 7. The molecule has 1 N–H and O–H groups in total. The molecule has 1 aromatic heterocycles. The fraction of sp³-hybridized carbons (Fsp3) is 0.552. The van der Waals surface area contributed by atoms with Crippen molar-refractivity contribution in [3.8, 4) is 5.75 Å². The second-order valence-corrected chi connectivity index (χ2v) is 10.4. The van der Waals surface area contributed by atoms with Gasteiger partial charge in [-0.2, -0.15) is 13.2 Å². The van der Waals surface area contributed by atoms with Gasteiger partial charge in [-0.05, 0) is 70.4 Å². The van der Waals surface area contributed by atoms with E-state index in [9.17, 15) is 22.8 Å². The number of hydrogen-bond donors (Lipinski definition) is 1. The van der Waals surface area contributed by atoms with E-state index in [1.807, 2.05) is 25.2 Å². The third kappa shape index (κ3) is 10.9. The van der Waals surface area contributed by atoms with Gasteiger partial charge in [0.1, 0.15) is 17.7 Å². The Bertz CT molecular complexity index is 966. The Morgan fingerprint density at radius 2 is 1.79 bits per heavy atom. The first-order valence-electron chi connectivity index (χ1n) is 13.0. The summed E-state index contributed by atoms with van der Waals surface area (Å²) >= 11 is 0. The largest absolute Gasteiger partial charge is 0.491 e. The van der Waals surface area contributed by atoms with Crippen LogP contribution < -0.4 is 10.1 Å². The van der Waals surface area contributed by atoms with E-state index in [-0.39, 0.29) is 24.2 Å². The molecule has 0 bridgehead atoms. The minimum atomic E-state index is -4.06. The standard InChI is InChI=1S/C13H18N2O2.C8H11F3O.C8H11N/c1-13(5-7-15(2)9-13)10-17-12-4-3-6-14-11(12)8-16;9-8(10,11)7-3-1-6(5-12)2-4-7;1-9-7-8-5-3-2-4-6-8/h3-4,6,8H,5,7,9-10H2,1-2H3;5-7H,1-4H2;2-6,9H,7H2,1H3. The van der Waals surface area contributed by atoms with Crippen molar-refractivity contribution in [3.05, 3.63) is 59.9 Å². The van der Waals surface area contributed by atoms with Crippen LogP contribution in [0.3, 0.4) is 0 Å². The number of nitrogens with one attached hydrogen (secondary N) is 1. The molecule has 1 saturated carbocycles. The van der Waals surface area contributed by atoms with Crippen LogP contribution in [0.5, 0.6) is 5.75 Å². The molecule has 0 amide bonds. The Hall–Kier alpha value is -2.78. The average molecular weight is 536 g/mol. The number of carbonyl (C=O) groups is 2. The van der Waals surface area contributed by atoms with E-state index in [1.165, 1.54) is 5.56 Å². The Kier molecular flexibility index (Phi) is 12.9. The highest BCUT2D eigenvalue weighted by Crippen LogP contribution is 2.38. The number of benzene rings is 1. The lowest BCUT2D eigenvalue weighted by atomic mass is 9.82. The van der Waals surface area contributed by atoms with Crippen molar-refractivity contribution in [2.75, 3.05) is 33.8 Å². The van der Waals surface area contributed by atoms with Crippen molar-refractivity contribution in [2.45, 2.75) is 51.7 Å². The molecule has 0 spiro atoms. The highest BCUT2D eigenvalue weighted by Gasteiger charge is 2.41. The van der Waals surface area contributed by atoms with Gasteiger partial charge >= 0.3 is 6.18 Å². The maximum Gasteiger partial charge on any atom is 0.391 e. The molecule has 2 aliphatic rings. The summed E-state index contributed by atoms with van der Waals surface area (Å²) in [6.07, 6.45) is 1.20. The summed E-state index contributed by atoms with van der Waals surface area (Å²) in [5.74, 6) is -0.726. The Morgan fingerprint density at radius 1 is 1.11 bits per heavy atom. The predicted octanol–water partition coefficient (Wildman–Crippen LogP) is 5.57. The maximum absolute atomic E-state index is 12.1. The monoisotopic (exact) mass is 535 g/mol. The summed E-state index contributed by atoms with van der Waals surface area (Å²) in [7, 11) is 4.07. The second kappa shape index (κ2) is 15.6. The zero-order valence-corrected chi connectivity index (χ0v) is 22.5. The SMILES string of the molecule is CN1CCC(C)(COc2cccnc2C=O)C1.CNCc1ccccc1.O=CC1CCC(C(F)(F)F)CC1. The lowest BCUT2D eigenvalue weighted by Crippen LogP contribution is -2.28. The van der Waals surface area contributed by atoms with Crippen LogP contribution in [-0.2, 0) is 11.3 Å². The zero-order valence-electron chi connectivity index (χ0n) is 22.5. The number of aldehydes is 2. The quantitative estimate of drug-likeness (QED) is 0.467. The van der Waals surface area contributed by atoms with Crippen LogP contribution in [-0.4, -0.2) is 62.4 Å². The number of aromatic nitrogens is 1. The number of carbonyl (C=O) groups excluding carboxylic acids is 2. The number of hydrogen-bond acceptors (Lipinski definition) is 6. The summed E-state index contributed by atoms with van der Waals surface area (Å²) in [6, 6.07) is 13.9. The number of ether oxygens (including phenoxy) is 1. The van der Waals surface area contributed by atoms with Crippen LogP contribution in [0.15, 0.2) is 48.7 Å². The molecule has 2 fully saturated rings. The van der Waals surface area contributed by atoms with Crippen molar-refractivity contribution in [1.82, 2.24) is 15.2 Å². The predicted molar refractivity (Wildman–Crippen MR) is 142 cm³/mol.